The van der Waals surface area contributed by atoms with Crippen LogP contribution in [0.15, 0.2) is 22.6 Å². The normalized spacial score (nSPS) is 40.7. The summed E-state index contributed by atoms with van der Waals surface area (Å²) in [5.41, 5.74) is 0.824. The molecule has 0 radical (unpaired) electrons. The molecule has 3 nitrogen and oxygen atoms in total. The van der Waals surface area contributed by atoms with E-state index in [1.54, 1.807) is 12.2 Å². The van der Waals surface area contributed by atoms with Gasteiger partial charge in [-0.1, -0.05) is 19.1 Å². The van der Waals surface area contributed by atoms with E-state index in [2.05, 4.69) is 0 Å². The van der Waals surface area contributed by atoms with Gasteiger partial charge in [0.05, 0.1) is 19.1 Å². The molecule has 5 atom stereocenters. The van der Waals surface area contributed by atoms with Gasteiger partial charge in [-0.2, -0.15) is 0 Å². The molecule has 116 valence electrons. The molecule has 0 saturated heterocycles. The highest BCUT2D eigenvalue weighted by Gasteiger charge is 2.61. The van der Waals surface area contributed by atoms with Gasteiger partial charge in [-0.3, -0.25) is 4.79 Å². The third-order valence-corrected chi connectivity index (χ3v) is 6.30. The Morgan fingerprint density at radius 1 is 1.52 bits per heavy atom. The average molecular weight is 316 g/mol. The van der Waals surface area contributed by atoms with Gasteiger partial charge in [0.15, 0.2) is 0 Å². The Labute approximate surface area is 126 Å². The van der Waals surface area contributed by atoms with Crippen molar-refractivity contribution in [2.75, 3.05) is 7.11 Å². The number of carbonyl (C=O) groups excluding carboxylic acids is 1. The molecule has 0 spiro atoms. The Morgan fingerprint density at radius 2 is 2.19 bits per heavy atom. The summed E-state index contributed by atoms with van der Waals surface area (Å²) in [5, 5.41) is 9.66. The summed E-state index contributed by atoms with van der Waals surface area (Å²) in [7, 11) is 1.32. The summed E-state index contributed by atoms with van der Waals surface area (Å²) < 4.78 is 31.6. The van der Waals surface area contributed by atoms with E-state index in [1.165, 1.54) is 18.9 Å². The van der Waals surface area contributed by atoms with Crippen molar-refractivity contribution in [1.82, 2.24) is 0 Å². The number of ether oxygens (including phenoxy) is 1. The molecule has 1 aliphatic heterocycles. The number of halogens is 2. The topological polar surface area (TPSA) is 46.5 Å². The Morgan fingerprint density at radius 3 is 2.76 bits per heavy atom. The molecule has 5 unspecified atom stereocenters. The fourth-order valence-electron chi connectivity index (χ4n) is 3.15. The minimum atomic E-state index is -2.61. The molecule has 0 aromatic carbocycles. The summed E-state index contributed by atoms with van der Waals surface area (Å²) in [6.07, 6.45) is 3.05. The molecule has 0 amide bonds. The number of esters is 1. The van der Waals surface area contributed by atoms with Crippen molar-refractivity contribution in [1.29, 1.82) is 0 Å². The minimum Gasteiger partial charge on any atom is -0.469 e. The van der Waals surface area contributed by atoms with Crippen molar-refractivity contribution in [2.24, 2.45) is 17.8 Å². The highest BCUT2D eigenvalue weighted by atomic mass is 32.2. The van der Waals surface area contributed by atoms with Gasteiger partial charge in [0.25, 0.3) is 5.92 Å². The highest BCUT2D eigenvalue weighted by Crippen LogP contribution is 2.59. The quantitative estimate of drug-likeness (QED) is 0.796. The zero-order valence-electron chi connectivity index (χ0n) is 11.9. The number of thioether (sulfide) groups is 1. The first-order valence-corrected chi connectivity index (χ1v) is 7.95. The minimum absolute atomic E-state index is 0.103. The molecule has 2 aliphatic carbocycles. The average Bonchev–Trinajstić information content (AvgIpc) is 3.10. The van der Waals surface area contributed by atoms with Gasteiger partial charge in [0.2, 0.25) is 0 Å². The second-order valence-corrected chi connectivity index (χ2v) is 7.28. The zero-order chi connectivity index (χ0) is 15.4. The van der Waals surface area contributed by atoms with Crippen LogP contribution in [-0.4, -0.2) is 35.5 Å². The summed E-state index contributed by atoms with van der Waals surface area (Å²) in [6.45, 7) is 1.86. The molecule has 0 bridgehead atoms. The molecular formula is C15H18F2O3S. The van der Waals surface area contributed by atoms with Crippen molar-refractivity contribution in [2.45, 2.75) is 37.0 Å². The SMILES string of the molecule is COC(=O)C1CC(C2CC2(F)F)SC2=C1C=CC(O)C2C. The molecule has 3 aliphatic rings. The lowest BCUT2D eigenvalue weighted by Crippen LogP contribution is -2.33. The number of methoxy groups -OCH3 is 1. The number of allylic oxidation sites excluding steroid dienone is 1. The van der Waals surface area contributed by atoms with Crippen molar-refractivity contribution in [3.8, 4) is 0 Å². The number of aliphatic hydroxyl groups excluding tert-OH is 1. The van der Waals surface area contributed by atoms with Crippen LogP contribution in [0.3, 0.4) is 0 Å². The van der Waals surface area contributed by atoms with Crippen LogP contribution >= 0.6 is 11.8 Å². The number of hydrogen-bond acceptors (Lipinski definition) is 4. The largest absolute Gasteiger partial charge is 0.469 e. The monoisotopic (exact) mass is 316 g/mol. The third-order valence-electron chi connectivity index (χ3n) is 4.61. The molecule has 0 aromatic heterocycles. The van der Waals surface area contributed by atoms with Crippen molar-refractivity contribution >= 4 is 17.7 Å². The Hall–Kier alpha value is -0.880. The lowest BCUT2D eigenvalue weighted by Gasteiger charge is -2.36. The Balaban J connectivity index is 1.92. The van der Waals surface area contributed by atoms with Gasteiger partial charge in [0, 0.05) is 23.5 Å². The molecule has 6 heteroatoms. The molecule has 1 N–H and O–H groups in total. The van der Waals surface area contributed by atoms with Crippen LogP contribution in [0.4, 0.5) is 8.78 Å². The van der Waals surface area contributed by atoms with E-state index in [4.69, 9.17) is 4.74 Å². The van der Waals surface area contributed by atoms with Gasteiger partial charge < -0.3 is 9.84 Å². The zero-order valence-corrected chi connectivity index (χ0v) is 12.7. The lowest BCUT2D eigenvalue weighted by molar-refractivity contribution is -0.144. The van der Waals surface area contributed by atoms with Crippen LogP contribution in [0.5, 0.6) is 0 Å². The van der Waals surface area contributed by atoms with E-state index < -0.39 is 23.9 Å². The number of alkyl halides is 2. The first-order chi connectivity index (χ1) is 9.85. The first-order valence-electron chi connectivity index (χ1n) is 7.07. The fourth-order valence-corrected chi connectivity index (χ4v) is 4.93. The van der Waals surface area contributed by atoms with Crippen LogP contribution in [-0.2, 0) is 9.53 Å². The smallest absolute Gasteiger partial charge is 0.313 e. The lowest BCUT2D eigenvalue weighted by atomic mass is 9.84. The summed E-state index contributed by atoms with van der Waals surface area (Å²) in [5.74, 6) is -4.33. The molecule has 0 aromatic rings. The summed E-state index contributed by atoms with van der Waals surface area (Å²) in [4.78, 5) is 12.9. The highest BCUT2D eigenvalue weighted by molar-refractivity contribution is 8.03. The van der Waals surface area contributed by atoms with Crippen LogP contribution in [0.1, 0.15) is 19.8 Å². The molecule has 3 rings (SSSR count). The van der Waals surface area contributed by atoms with E-state index in [0.29, 0.717) is 6.42 Å². The summed E-state index contributed by atoms with van der Waals surface area (Å²) in [6, 6.07) is 0. The Kier molecular flexibility index (Phi) is 3.64. The number of aliphatic hydroxyl groups is 1. The second kappa shape index (κ2) is 5.09. The number of rotatable bonds is 2. The predicted octanol–water partition coefficient (Wildman–Crippen LogP) is 2.76. The third kappa shape index (κ3) is 2.52. The van der Waals surface area contributed by atoms with Crippen LogP contribution in [0.25, 0.3) is 0 Å². The predicted molar refractivity (Wildman–Crippen MR) is 75.9 cm³/mol. The van der Waals surface area contributed by atoms with Crippen LogP contribution in [0, 0.1) is 17.8 Å². The van der Waals surface area contributed by atoms with E-state index in [-0.39, 0.29) is 23.6 Å². The maximum absolute atomic E-state index is 13.4. The molecule has 1 heterocycles. The van der Waals surface area contributed by atoms with Gasteiger partial charge in [-0.15, -0.1) is 11.8 Å². The van der Waals surface area contributed by atoms with E-state index in [1.807, 2.05) is 6.92 Å². The second-order valence-electron chi connectivity index (χ2n) is 6.00. The van der Waals surface area contributed by atoms with E-state index in [0.717, 1.165) is 10.5 Å². The maximum Gasteiger partial charge on any atom is 0.313 e. The van der Waals surface area contributed by atoms with Crippen molar-refractivity contribution in [3.63, 3.8) is 0 Å². The van der Waals surface area contributed by atoms with Crippen LogP contribution in [0.2, 0.25) is 0 Å². The van der Waals surface area contributed by atoms with Gasteiger partial charge >= 0.3 is 5.97 Å². The van der Waals surface area contributed by atoms with Gasteiger partial charge in [-0.05, 0) is 16.9 Å². The number of hydrogen-bond donors (Lipinski definition) is 1. The van der Waals surface area contributed by atoms with E-state index in [9.17, 15) is 18.7 Å². The van der Waals surface area contributed by atoms with Crippen molar-refractivity contribution in [3.05, 3.63) is 22.6 Å². The van der Waals surface area contributed by atoms with Gasteiger partial charge in [-0.25, -0.2) is 8.78 Å². The first kappa shape index (κ1) is 15.0. The number of carbonyl (C=O) groups is 1. The fraction of sp³-hybridized carbons (Fsp3) is 0.667. The standard InChI is InChI=1S/C15H18F2O3S/c1-7-11(18)4-3-8-9(14(19)20-2)5-12(21-13(7)8)10-6-15(10,16)17/h3-4,7,9-12,18H,5-6H2,1-2H3. The Bertz CT molecular complexity index is 529. The van der Waals surface area contributed by atoms with Gasteiger partial charge in [0.1, 0.15) is 0 Å². The molecule has 1 fully saturated rings. The van der Waals surface area contributed by atoms with E-state index >= 15 is 0 Å². The summed E-state index contributed by atoms with van der Waals surface area (Å²) >= 11 is 1.41. The molecule has 21 heavy (non-hydrogen) atoms. The molecular weight excluding hydrogens is 298 g/mol. The van der Waals surface area contributed by atoms with Crippen LogP contribution < -0.4 is 0 Å². The maximum atomic E-state index is 13.4. The van der Waals surface area contributed by atoms with Crippen molar-refractivity contribution < 1.29 is 23.4 Å². The molecule has 1 saturated carbocycles.